The van der Waals surface area contributed by atoms with Crippen molar-refractivity contribution in [1.29, 1.82) is 0 Å². The lowest BCUT2D eigenvalue weighted by molar-refractivity contribution is -0.131. The molecule has 0 aromatic carbocycles. The number of nitrogens with one attached hydrogen (secondary N) is 1. The van der Waals surface area contributed by atoms with Crippen molar-refractivity contribution in [3.05, 3.63) is 18.0 Å². The predicted molar refractivity (Wildman–Crippen MR) is 99.6 cm³/mol. The molecule has 1 saturated carbocycles. The highest BCUT2D eigenvalue weighted by molar-refractivity contribution is 5.90. The summed E-state index contributed by atoms with van der Waals surface area (Å²) in [5.41, 5.74) is 1.86. The van der Waals surface area contributed by atoms with Gasteiger partial charge in [-0.25, -0.2) is 4.98 Å². The molecule has 4 heterocycles. The first-order valence-electron chi connectivity index (χ1n) is 10.1. The molecular formula is C20H26N4O3. The number of fused-ring (bicyclic) bond motifs is 1. The highest BCUT2D eigenvalue weighted by Gasteiger charge is 2.49. The Morgan fingerprint density at radius 2 is 2.19 bits per heavy atom. The SMILES string of the molecule is C[C@@H]1CCN(C(=O)C2CC2c2n[nH]c3ccnc(OC4CCOCC4)c23)C1. The zero-order chi connectivity index (χ0) is 18.4. The van der Waals surface area contributed by atoms with Crippen LogP contribution in [0.2, 0.25) is 0 Å². The van der Waals surface area contributed by atoms with E-state index in [0.717, 1.165) is 68.6 Å². The molecular weight excluding hydrogens is 344 g/mol. The Morgan fingerprint density at radius 1 is 1.33 bits per heavy atom. The molecule has 3 fully saturated rings. The summed E-state index contributed by atoms with van der Waals surface area (Å²) in [7, 11) is 0. The summed E-state index contributed by atoms with van der Waals surface area (Å²) in [4.78, 5) is 19.3. The smallest absolute Gasteiger partial charge is 0.226 e. The van der Waals surface area contributed by atoms with Crippen LogP contribution in [0.25, 0.3) is 10.9 Å². The van der Waals surface area contributed by atoms with E-state index in [1.165, 1.54) is 0 Å². The van der Waals surface area contributed by atoms with Crippen LogP contribution in [-0.4, -0.2) is 58.4 Å². The maximum Gasteiger partial charge on any atom is 0.226 e. The minimum absolute atomic E-state index is 0.0536. The van der Waals surface area contributed by atoms with E-state index < -0.39 is 0 Å². The molecule has 2 saturated heterocycles. The van der Waals surface area contributed by atoms with Crippen LogP contribution in [0.1, 0.15) is 44.2 Å². The summed E-state index contributed by atoms with van der Waals surface area (Å²) >= 11 is 0. The van der Waals surface area contributed by atoms with Crippen LogP contribution in [0.4, 0.5) is 0 Å². The first kappa shape index (κ1) is 17.0. The normalized spacial score (nSPS) is 28.6. The van der Waals surface area contributed by atoms with E-state index in [9.17, 15) is 4.79 Å². The summed E-state index contributed by atoms with van der Waals surface area (Å²) in [6.45, 7) is 5.45. The first-order chi connectivity index (χ1) is 13.2. The summed E-state index contributed by atoms with van der Waals surface area (Å²) in [5, 5.41) is 8.59. The van der Waals surface area contributed by atoms with Crippen LogP contribution >= 0.6 is 0 Å². The molecule has 5 rings (SSSR count). The van der Waals surface area contributed by atoms with Gasteiger partial charge in [-0.3, -0.25) is 9.89 Å². The van der Waals surface area contributed by atoms with Crippen molar-refractivity contribution in [2.24, 2.45) is 11.8 Å². The second-order valence-corrected chi connectivity index (χ2v) is 8.20. The maximum absolute atomic E-state index is 12.8. The fraction of sp³-hybridized carbons (Fsp3) is 0.650. The molecule has 2 aliphatic heterocycles. The highest BCUT2D eigenvalue weighted by Crippen LogP contribution is 2.51. The number of pyridine rings is 1. The van der Waals surface area contributed by atoms with Crippen molar-refractivity contribution in [2.75, 3.05) is 26.3 Å². The van der Waals surface area contributed by atoms with E-state index in [2.05, 4.69) is 22.1 Å². The molecule has 0 spiro atoms. The topological polar surface area (TPSA) is 80.3 Å². The van der Waals surface area contributed by atoms with Crippen LogP contribution in [0.3, 0.4) is 0 Å². The zero-order valence-electron chi connectivity index (χ0n) is 15.7. The van der Waals surface area contributed by atoms with Crippen molar-refractivity contribution in [1.82, 2.24) is 20.1 Å². The average molecular weight is 370 g/mol. The molecule has 2 unspecified atom stereocenters. The molecule has 27 heavy (non-hydrogen) atoms. The number of hydrogen-bond acceptors (Lipinski definition) is 5. The Hall–Kier alpha value is -2.15. The van der Waals surface area contributed by atoms with Crippen LogP contribution in [-0.2, 0) is 9.53 Å². The Balaban J connectivity index is 1.37. The van der Waals surface area contributed by atoms with Crippen LogP contribution in [0, 0.1) is 11.8 Å². The number of aromatic nitrogens is 3. The quantitative estimate of drug-likeness (QED) is 0.894. The largest absolute Gasteiger partial charge is 0.474 e. The number of H-pyrrole nitrogens is 1. The van der Waals surface area contributed by atoms with Gasteiger partial charge in [-0.15, -0.1) is 0 Å². The fourth-order valence-electron chi connectivity index (χ4n) is 4.41. The van der Waals surface area contributed by atoms with Gasteiger partial charge in [0.2, 0.25) is 11.8 Å². The third-order valence-corrected chi connectivity index (χ3v) is 6.11. The van der Waals surface area contributed by atoms with E-state index in [1.807, 2.05) is 11.0 Å². The summed E-state index contributed by atoms with van der Waals surface area (Å²) in [5.74, 6) is 1.76. The van der Waals surface area contributed by atoms with Gasteiger partial charge in [-0.1, -0.05) is 6.92 Å². The summed E-state index contributed by atoms with van der Waals surface area (Å²) < 4.78 is 11.6. The maximum atomic E-state index is 12.8. The number of nitrogens with zero attached hydrogens (tertiary/aromatic N) is 3. The van der Waals surface area contributed by atoms with Crippen LogP contribution in [0.15, 0.2) is 12.3 Å². The van der Waals surface area contributed by atoms with Crippen molar-refractivity contribution in [3.63, 3.8) is 0 Å². The number of likely N-dealkylation sites (tertiary alicyclic amines) is 1. The lowest BCUT2D eigenvalue weighted by Crippen LogP contribution is -2.30. The predicted octanol–water partition coefficient (Wildman–Crippen LogP) is 2.49. The Morgan fingerprint density at radius 3 is 2.96 bits per heavy atom. The second-order valence-electron chi connectivity index (χ2n) is 8.20. The Bertz CT molecular complexity index is 845. The van der Waals surface area contributed by atoms with Crippen molar-refractivity contribution in [3.8, 4) is 5.88 Å². The van der Waals surface area contributed by atoms with E-state index in [-0.39, 0.29) is 23.8 Å². The number of hydrogen-bond donors (Lipinski definition) is 1. The van der Waals surface area contributed by atoms with Gasteiger partial charge in [0.15, 0.2) is 0 Å². The third-order valence-electron chi connectivity index (χ3n) is 6.11. The van der Waals surface area contributed by atoms with Crippen LogP contribution in [0.5, 0.6) is 5.88 Å². The van der Waals surface area contributed by atoms with Gasteiger partial charge in [-0.2, -0.15) is 5.10 Å². The number of carbonyl (C=O) groups excluding carboxylic acids is 1. The lowest BCUT2D eigenvalue weighted by atomic mass is 10.1. The standard InChI is InChI=1S/C20H26N4O3/c1-12-3-7-24(11-12)20(25)15-10-14(15)18-17-16(22-23-18)2-6-21-19(17)27-13-4-8-26-9-5-13/h2,6,12-15H,3-5,7-11H2,1H3,(H,22,23)/t12-,14?,15?/m1/s1. The van der Waals surface area contributed by atoms with Crippen molar-refractivity contribution >= 4 is 16.8 Å². The van der Waals surface area contributed by atoms with Gasteiger partial charge in [0.25, 0.3) is 0 Å². The summed E-state index contributed by atoms with van der Waals surface area (Å²) in [6, 6.07) is 1.92. The fourth-order valence-corrected chi connectivity index (χ4v) is 4.41. The number of carbonyl (C=O) groups is 1. The van der Waals surface area contributed by atoms with Gasteiger partial charge < -0.3 is 14.4 Å². The van der Waals surface area contributed by atoms with E-state index in [4.69, 9.17) is 9.47 Å². The number of amides is 1. The first-order valence-corrected chi connectivity index (χ1v) is 10.1. The third kappa shape index (κ3) is 3.18. The van der Waals surface area contributed by atoms with E-state index >= 15 is 0 Å². The van der Waals surface area contributed by atoms with Gasteiger partial charge in [0, 0.05) is 44.0 Å². The van der Waals surface area contributed by atoms with Crippen LogP contribution < -0.4 is 4.74 Å². The molecule has 1 aliphatic carbocycles. The molecule has 3 aliphatic rings. The van der Waals surface area contributed by atoms with E-state index in [1.54, 1.807) is 6.20 Å². The highest BCUT2D eigenvalue weighted by atomic mass is 16.5. The second kappa shape index (κ2) is 6.78. The molecule has 3 atom stereocenters. The summed E-state index contributed by atoms with van der Waals surface area (Å²) in [6.07, 6.45) is 5.62. The number of rotatable bonds is 4. The Labute approximate surface area is 158 Å². The molecule has 7 heteroatoms. The molecule has 7 nitrogen and oxygen atoms in total. The molecule has 2 aromatic heterocycles. The molecule has 144 valence electrons. The lowest BCUT2D eigenvalue weighted by Gasteiger charge is -2.23. The molecule has 1 N–H and O–H groups in total. The Kier molecular flexibility index (Phi) is 4.27. The molecule has 2 aromatic rings. The van der Waals surface area contributed by atoms with Gasteiger partial charge in [0.1, 0.15) is 6.10 Å². The molecule has 0 radical (unpaired) electrons. The number of ether oxygens (including phenoxy) is 2. The number of aromatic amines is 1. The van der Waals surface area contributed by atoms with Gasteiger partial charge in [-0.05, 0) is 24.8 Å². The van der Waals surface area contributed by atoms with Gasteiger partial charge in [0.05, 0.1) is 29.8 Å². The van der Waals surface area contributed by atoms with E-state index in [0.29, 0.717) is 11.8 Å². The molecule has 0 bridgehead atoms. The minimum atomic E-state index is 0.0536. The zero-order valence-corrected chi connectivity index (χ0v) is 15.7. The average Bonchev–Trinajstić information content (AvgIpc) is 3.15. The molecule has 1 amide bonds. The van der Waals surface area contributed by atoms with Gasteiger partial charge >= 0.3 is 0 Å². The van der Waals surface area contributed by atoms with Crippen molar-refractivity contribution < 1.29 is 14.3 Å². The monoisotopic (exact) mass is 370 g/mol. The van der Waals surface area contributed by atoms with Crippen molar-refractivity contribution in [2.45, 2.75) is 44.6 Å². The minimum Gasteiger partial charge on any atom is -0.474 e.